The first-order valence-corrected chi connectivity index (χ1v) is 2.68. The van der Waals surface area contributed by atoms with Gasteiger partial charge in [0.2, 0.25) is 0 Å². The Morgan fingerprint density at radius 1 is 1.67 bits per heavy atom. The van der Waals surface area contributed by atoms with Gasteiger partial charge in [0.15, 0.2) is 0 Å². The Balaban J connectivity index is 3.17. The van der Waals surface area contributed by atoms with Crippen LogP contribution in [0.4, 0.5) is 5.82 Å². The third-order valence-corrected chi connectivity index (χ3v) is 1.17. The average Bonchev–Trinajstić information content (AvgIpc) is 1.80. The molecule has 0 aliphatic carbocycles. The lowest BCUT2D eigenvalue weighted by Gasteiger charge is -1.97. The summed E-state index contributed by atoms with van der Waals surface area (Å²) in [5.74, 6) is 0.470. The molecule has 0 aliphatic heterocycles. The molecule has 1 aromatic heterocycles. The van der Waals surface area contributed by atoms with E-state index in [0.717, 1.165) is 5.56 Å². The van der Waals surface area contributed by atoms with Gasteiger partial charge in [-0.05, 0) is 18.6 Å². The number of hydrogen-bond donors (Lipinski definition) is 1. The van der Waals surface area contributed by atoms with Gasteiger partial charge >= 0.3 is 0 Å². The van der Waals surface area contributed by atoms with Crippen LogP contribution in [0.25, 0.3) is 0 Å². The molecule has 1 aromatic rings. The highest BCUT2D eigenvalue weighted by atomic mass is 14.8. The monoisotopic (exact) mass is 118 g/mol. The summed E-state index contributed by atoms with van der Waals surface area (Å²) in [5.41, 5.74) is 7.00. The van der Waals surface area contributed by atoms with Crippen molar-refractivity contribution in [3.05, 3.63) is 17.8 Å². The van der Waals surface area contributed by atoms with Crippen molar-refractivity contribution >= 4 is 19.1 Å². The number of hydrogen-bond acceptors (Lipinski definition) is 2. The van der Waals surface area contributed by atoms with Crippen LogP contribution in [0.15, 0.2) is 12.3 Å². The molecule has 1 rings (SSSR count). The quantitative estimate of drug-likeness (QED) is 0.477. The number of nitrogens with zero attached hydrogens (tertiary/aromatic N) is 1. The Kier molecular flexibility index (Phi) is 1.43. The SMILES string of the molecule is [B]c1cc(N)ncc1C. The van der Waals surface area contributed by atoms with Gasteiger partial charge in [-0.3, -0.25) is 0 Å². The molecule has 0 saturated carbocycles. The average molecular weight is 118 g/mol. The zero-order chi connectivity index (χ0) is 6.85. The summed E-state index contributed by atoms with van der Waals surface area (Å²) >= 11 is 0. The number of aromatic nitrogens is 1. The van der Waals surface area contributed by atoms with Crippen LogP contribution in [0.3, 0.4) is 0 Å². The lowest BCUT2D eigenvalue weighted by molar-refractivity contribution is 1.30. The number of rotatable bonds is 0. The van der Waals surface area contributed by atoms with Gasteiger partial charge in [0.1, 0.15) is 13.7 Å². The fourth-order valence-electron chi connectivity index (χ4n) is 0.556. The minimum Gasteiger partial charge on any atom is -0.384 e. The third kappa shape index (κ3) is 1.22. The molecule has 3 heteroatoms. The van der Waals surface area contributed by atoms with E-state index >= 15 is 0 Å². The fourth-order valence-corrected chi connectivity index (χ4v) is 0.556. The first kappa shape index (κ1) is 6.14. The first-order chi connectivity index (χ1) is 4.20. The first-order valence-electron chi connectivity index (χ1n) is 2.68. The van der Waals surface area contributed by atoms with Crippen molar-refractivity contribution in [1.29, 1.82) is 0 Å². The van der Waals surface area contributed by atoms with Crippen molar-refractivity contribution in [3.63, 3.8) is 0 Å². The third-order valence-electron chi connectivity index (χ3n) is 1.17. The van der Waals surface area contributed by atoms with Gasteiger partial charge in [0.25, 0.3) is 0 Å². The molecule has 0 aliphatic rings. The summed E-state index contributed by atoms with van der Waals surface area (Å²) in [5, 5.41) is 0. The van der Waals surface area contributed by atoms with Crippen LogP contribution in [0.2, 0.25) is 0 Å². The van der Waals surface area contributed by atoms with Gasteiger partial charge in [-0.25, -0.2) is 4.98 Å². The van der Waals surface area contributed by atoms with E-state index in [9.17, 15) is 0 Å². The Morgan fingerprint density at radius 2 is 2.33 bits per heavy atom. The number of nitrogens with two attached hydrogens (primary N) is 1. The molecule has 9 heavy (non-hydrogen) atoms. The van der Waals surface area contributed by atoms with Crippen molar-refractivity contribution < 1.29 is 0 Å². The molecular weight excluding hydrogens is 111 g/mol. The molecule has 2 nitrogen and oxygen atoms in total. The fraction of sp³-hybridized carbons (Fsp3) is 0.167. The van der Waals surface area contributed by atoms with Crippen molar-refractivity contribution in [2.45, 2.75) is 6.92 Å². The molecule has 0 unspecified atom stereocenters. The summed E-state index contributed by atoms with van der Waals surface area (Å²) in [7, 11) is 5.50. The van der Waals surface area contributed by atoms with Crippen LogP contribution < -0.4 is 11.2 Å². The minimum atomic E-state index is 0.470. The van der Waals surface area contributed by atoms with Gasteiger partial charge in [-0.15, -0.1) is 0 Å². The Morgan fingerprint density at radius 3 is 2.78 bits per heavy atom. The molecule has 0 atom stereocenters. The van der Waals surface area contributed by atoms with Crippen LogP contribution >= 0.6 is 0 Å². The van der Waals surface area contributed by atoms with Gasteiger partial charge in [0, 0.05) is 6.20 Å². The second-order valence-electron chi connectivity index (χ2n) is 1.97. The second kappa shape index (κ2) is 2.09. The van der Waals surface area contributed by atoms with E-state index in [1.54, 1.807) is 12.3 Å². The van der Waals surface area contributed by atoms with E-state index in [0.29, 0.717) is 11.3 Å². The number of anilines is 1. The van der Waals surface area contributed by atoms with Crippen LogP contribution in [0, 0.1) is 6.92 Å². The zero-order valence-electron chi connectivity index (χ0n) is 5.26. The molecule has 1 heterocycles. The normalized spacial score (nSPS) is 9.44. The summed E-state index contributed by atoms with van der Waals surface area (Å²) in [6.07, 6.45) is 1.66. The zero-order valence-corrected chi connectivity index (χ0v) is 5.26. The molecule has 0 bridgehead atoms. The van der Waals surface area contributed by atoms with Gasteiger partial charge < -0.3 is 5.73 Å². The minimum absolute atomic E-state index is 0.470. The van der Waals surface area contributed by atoms with Crippen molar-refractivity contribution in [2.75, 3.05) is 5.73 Å². The predicted octanol–water partition coefficient (Wildman–Crippen LogP) is -0.234. The maximum Gasteiger partial charge on any atom is 0.122 e. The van der Waals surface area contributed by atoms with Crippen molar-refractivity contribution in [2.24, 2.45) is 0 Å². The topological polar surface area (TPSA) is 38.9 Å². The lowest BCUT2D eigenvalue weighted by Crippen LogP contribution is -2.09. The summed E-state index contributed by atoms with van der Waals surface area (Å²) < 4.78 is 0. The molecule has 0 saturated heterocycles. The molecule has 0 amide bonds. The Hall–Kier alpha value is -0.985. The maximum atomic E-state index is 5.50. The molecule has 0 fully saturated rings. The van der Waals surface area contributed by atoms with E-state index in [2.05, 4.69) is 4.98 Å². The summed E-state index contributed by atoms with van der Waals surface area (Å²) in [4.78, 5) is 3.84. The van der Waals surface area contributed by atoms with E-state index in [1.807, 2.05) is 6.92 Å². The Bertz CT molecular complexity index is 222. The Labute approximate surface area is 55.5 Å². The van der Waals surface area contributed by atoms with Gasteiger partial charge in [-0.1, -0.05) is 5.46 Å². The van der Waals surface area contributed by atoms with E-state index in [1.165, 1.54) is 0 Å². The molecule has 0 aromatic carbocycles. The smallest absolute Gasteiger partial charge is 0.122 e. The molecule has 0 spiro atoms. The van der Waals surface area contributed by atoms with E-state index < -0.39 is 0 Å². The predicted molar refractivity (Wildman–Crippen MR) is 38.8 cm³/mol. The van der Waals surface area contributed by atoms with Crippen LogP contribution in [-0.4, -0.2) is 12.8 Å². The van der Waals surface area contributed by atoms with Crippen LogP contribution in [0.5, 0.6) is 0 Å². The van der Waals surface area contributed by atoms with Crippen LogP contribution in [0.1, 0.15) is 5.56 Å². The molecule has 2 radical (unpaired) electrons. The number of pyridine rings is 1. The van der Waals surface area contributed by atoms with E-state index in [4.69, 9.17) is 13.6 Å². The standard InChI is InChI=1S/C6H7BN2/c1-4-3-9-6(8)2-5(4)7/h2-3H,1H3,(H2,8,9). The van der Waals surface area contributed by atoms with Crippen molar-refractivity contribution in [3.8, 4) is 0 Å². The maximum absolute atomic E-state index is 5.50. The highest BCUT2D eigenvalue weighted by Crippen LogP contribution is 1.93. The highest BCUT2D eigenvalue weighted by molar-refractivity contribution is 6.33. The second-order valence-corrected chi connectivity index (χ2v) is 1.97. The molecular formula is C6H7BN2. The van der Waals surface area contributed by atoms with Gasteiger partial charge in [-0.2, -0.15) is 0 Å². The molecule has 2 N–H and O–H groups in total. The van der Waals surface area contributed by atoms with Gasteiger partial charge in [0.05, 0.1) is 0 Å². The lowest BCUT2D eigenvalue weighted by atomic mass is 9.93. The molecule has 44 valence electrons. The van der Waals surface area contributed by atoms with Crippen molar-refractivity contribution in [1.82, 2.24) is 4.98 Å². The summed E-state index contributed by atoms with van der Waals surface area (Å²) in [6, 6.07) is 1.65. The van der Waals surface area contributed by atoms with E-state index in [-0.39, 0.29) is 0 Å². The number of nitrogen functional groups attached to an aromatic ring is 1. The number of aryl methyl sites for hydroxylation is 1. The summed E-state index contributed by atoms with van der Waals surface area (Å²) in [6.45, 7) is 1.89. The van der Waals surface area contributed by atoms with Crippen LogP contribution in [-0.2, 0) is 0 Å². The largest absolute Gasteiger partial charge is 0.384 e. The highest BCUT2D eigenvalue weighted by Gasteiger charge is 1.90.